The highest BCUT2D eigenvalue weighted by Crippen LogP contribution is 2.17. The van der Waals surface area contributed by atoms with Crippen molar-refractivity contribution in [3.63, 3.8) is 0 Å². The maximum absolute atomic E-state index is 12.3. The van der Waals surface area contributed by atoms with E-state index < -0.39 is 0 Å². The Hall–Kier alpha value is -1.65. The Balaban J connectivity index is 1.97. The zero-order valence-electron chi connectivity index (χ0n) is 12.6. The number of rotatable bonds is 4. The van der Waals surface area contributed by atoms with Gasteiger partial charge in [-0.2, -0.15) is 0 Å². The van der Waals surface area contributed by atoms with Crippen molar-refractivity contribution in [3.8, 4) is 0 Å². The summed E-state index contributed by atoms with van der Waals surface area (Å²) >= 11 is 0. The zero-order chi connectivity index (χ0) is 14.5. The molecule has 1 aromatic heterocycles. The van der Waals surface area contributed by atoms with Crippen LogP contribution in [0.1, 0.15) is 50.5 Å². The van der Waals surface area contributed by atoms with Crippen LogP contribution in [0.15, 0.2) is 12.4 Å². The molecule has 0 aliphatic carbocycles. The van der Waals surface area contributed by atoms with Crippen molar-refractivity contribution >= 4 is 11.7 Å². The van der Waals surface area contributed by atoms with Crippen LogP contribution >= 0.6 is 0 Å². The van der Waals surface area contributed by atoms with E-state index >= 15 is 0 Å². The van der Waals surface area contributed by atoms with Crippen molar-refractivity contribution in [3.05, 3.63) is 18.1 Å². The fraction of sp³-hybridized carbons (Fsp3) is 0.667. The molecule has 0 spiro atoms. The van der Waals surface area contributed by atoms with Crippen LogP contribution in [0.5, 0.6) is 0 Å². The number of likely N-dealkylation sites (tertiary alicyclic amines) is 1. The van der Waals surface area contributed by atoms with Crippen molar-refractivity contribution in [1.29, 1.82) is 0 Å². The monoisotopic (exact) mass is 276 g/mol. The zero-order valence-corrected chi connectivity index (χ0v) is 12.6. The largest absolute Gasteiger partial charge is 0.366 e. The standard InChI is InChI=1S/C15H24N4O/c1-4-12(3)18-14-10-16-13(9-17-14)15(20)19-7-5-11(2)6-8-19/h9-12H,4-8H2,1-3H3,(H,17,18). The molecule has 0 radical (unpaired) electrons. The van der Waals surface area contributed by atoms with Crippen LogP contribution in [0.3, 0.4) is 0 Å². The Labute approximate surface area is 120 Å². The van der Waals surface area contributed by atoms with Gasteiger partial charge in [-0.1, -0.05) is 13.8 Å². The summed E-state index contributed by atoms with van der Waals surface area (Å²) in [5.41, 5.74) is 0.439. The molecule has 1 aliphatic heterocycles. The maximum Gasteiger partial charge on any atom is 0.274 e. The smallest absolute Gasteiger partial charge is 0.274 e. The summed E-state index contributed by atoms with van der Waals surface area (Å²) in [6.45, 7) is 8.09. The average Bonchev–Trinajstić information content (AvgIpc) is 2.48. The van der Waals surface area contributed by atoms with Gasteiger partial charge in [-0.25, -0.2) is 9.97 Å². The van der Waals surface area contributed by atoms with Crippen LogP contribution in [0.4, 0.5) is 5.82 Å². The van der Waals surface area contributed by atoms with Gasteiger partial charge in [0.15, 0.2) is 0 Å². The summed E-state index contributed by atoms with van der Waals surface area (Å²) in [4.78, 5) is 22.7. The second kappa shape index (κ2) is 6.68. The summed E-state index contributed by atoms with van der Waals surface area (Å²) in [7, 11) is 0. The number of hydrogen-bond acceptors (Lipinski definition) is 4. The second-order valence-corrected chi connectivity index (χ2v) is 5.72. The van der Waals surface area contributed by atoms with Crippen molar-refractivity contribution in [1.82, 2.24) is 14.9 Å². The second-order valence-electron chi connectivity index (χ2n) is 5.72. The fourth-order valence-corrected chi connectivity index (χ4v) is 2.24. The molecule has 0 bridgehead atoms. The first-order chi connectivity index (χ1) is 9.60. The topological polar surface area (TPSA) is 58.1 Å². The Kier molecular flexibility index (Phi) is 4.93. The molecule has 1 fully saturated rings. The number of nitrogens with one attached hydrogen (secondary N) is 1. The predicted octanol–water partition coefficient (Wildman–Crippen LogP) is 2.56. The number of amides is 1. The van der Waals surface area contributed by atoms with Crippen LogP contribution in [0.2, 0.25) is 0 Å². The molecule has 1 saturated heterocycles. The van der Waals surface area contributed by atoms with Gasteiger partial charge in [-0.3, -0.25) is 4.79 Å². The van der Waals surface area contributed by atoms with E-state index in [1.807, 2.05) is 4.90 Å². The minimum Gasteiger partial charge on any atom is -0.366 e. The van der Waals surface area contributed by atoms with Crippen LogP contribution in [-0.2, 0) is 0 Å². The van der Waals surface area contributed by atoms with E-state index in [1.54, 1.807) is 12.4 Å². The Bertz CT molecular complexity index is 438. The molecule has 2 heterocycles. The molecular formula is C15H24N4O. The van der Waals surface area contributed by atoms with Gasteiger partial charge >= 0.3 is 0 Å². The molecule has 2 rings (SSSR count). The van der Waals surface area contributed by atoms with Gasteiger partial charge in [0, 0.05) is 19.1 Å². The molecule has 1 aliphatic rings. The number of hydrogen-bond donors (Lipinski definition) is 1. The number of carbonyl (C=O) groups excluding carboxylic acids is 1. The van der Waals surface area contributed by atoms with E-state index in [-0.39, 0.29) is 5.91 Å². The molecule has 0 aromatic carbocycles. The number of piperidine rings is 1. The van der Waals surface area contributed by atoms with Crippen LogP contribution in [-0.4, -0.2) is 39.9 Å². The van der Waals surface area contributed by atoms with Crippen molar-refractivity contribution < 1.29 is 4.79 Å². The first-order valence-corrected chi connectivity index (χ1v) is 7.48. The molecule has 20 heavy (non-hydrogen) atoms. The van der Waals surface area contributed by atoms with Gasteiger partial charge < -0.3 is 10.2 Å². The first kappa shape index (κ1) is 14.8. The van der Waals surface area contributed by atoms with E-state index in [9.17, 15) is 4.79 Å². The van der Waals surface area contributed by atoms with E-state index in [1.165, 1.54) is 0 Å². The molecule has 1 atom stereocenters. The van der Waals surface area contributed by atoms with Crippen LogP contribution in [0, 0.1) is 5.92 Å². The van der Waals surface area contributed by atoms with E-state index in [0.717, 1.165) is 38.2 Å². The Morgan fingerprint density at radius 2 is 2.10 bits per heavy atom. The van der Waals surface area contributed by atoms with Crippen LogP contribution < -0.4 is 5.32 Å². The normalized spacial score (nSPS) is 17.9. The summed E-state index contributed by atoms with van der Waals surface area (Å²) in [6, 6.07) is 0.356. The SMILES string of the molecule is CCC(C)Nc1cnc(C(=O)N2CCC(C)CC2)cn1. The summed E-state index contributed by atoms with van der Waals surface area (Å²) in [6.07, 6.45) is 6.39. The number of anilines is 1. The quantitative estimate of drug-likeness (QED) is 0.918. The van der Waals surface area contributed by atoms with Gasteiger partial charge in [0.1, 0.15) is 11.5 Å². The molecule has 1 unspecified atom stereocenters. The number of nitrogens with zero attached hydrogens (tertiary/aromatic N) is 3. The van der Waals surface area contributed by atoms with Gasteiger partial charge in [0.2, 0.25) is 0 Å². The third-order valence-electron chi connectivity index (χ3n) is 3.95. The lowest BCUT2D eigenvalue weighted by Crippen LogP contribution is -2.38. The van der Waals surface area contributed by atoms with E-state index in [4.69, 9.17) is 0 Å². The minimum atomic E-state index is -0.000472. The molecule has 110 valence electrons. The molecule has 0 saturated carbocycles. The third-order valence-corrected chi connectivity index (χ3v) is 3.95. The maximum atomic E-state index is 12.3. The van der Waals surface area contributed by atoms with Crippen molar-refractivity contribution in [2.24, 2.45) is 5.92 Å². The van der Waals surface area contributed by atoms with Crippen molar-refractivity contribution in [2.75, 3.05) is 18.4 Å². The van der Waals surface area contributed by atoms with Gasteiger partial charge in [-0.15, -0.1) is 0 Å². The molecule has 1 amide bonds. The van der Waals surface area contributed by atoms with Gasteiger partial charge in [0.25, 0.3) is 5.91 Å². The van der Waals surface area contributed by atoms with Crippen molar-refractivity contribution in [2.45, 2.75) is 46.1 Å². The predicted molar refractivity (Wildman–Crippen MR) is 79.7 cm³/mol. The van der Waals surface area contributed by atoms with Gasteiger partial charge in [-0.05, 0) is 32.1 Å². The van der Waals surface area contributed by atoms with Crippen LogP contribution in [0.25, 0.3) is 0 Å². The average molecular weight is 276 g/mol. The lowest BCUT2D eigenvalue weighted by molar-refractivity contribution is 0.0691. The van der Waals surface area contributed by atoms with E-state index in [2.05, 4.69) is 36.1 Å². The van der Waals surface area contributed by atoms with E-state index in [0.29, 0.717) is 17.7 Å². The highest BCUT2D eigenvalue weighted by atomic mass is 16.2. The van der Waals surface area contributed by atoms with Gasteiger partial charge in [0.05, 0.1) is 12.4 Å². The lowest BCUT2D eigenvalue weighted by atomic mass is 9.99. The molecule has 1 N–H and O–H groups in total. The highest BCUT2D eigenvalue weighted by Gasteiger charge is 2.22. The Morgan fingerprint density at radius 3 is 2.65 bits per heavy atom. The molecule has 1 aromatic rings. The summed E-state index contributed by atoms with van der Waals surface area (Å²) in [5, 5.41) is 3.24. The highest BCUT2D eigenvalue weighted by molar-refractivity contribution is 5.92. The fourth-order valence-electron chi connectivity index (χ4n) is 2.24. The summed E-state index contributed by atoms with van der Waals surface area (Å²) in [5.74, 6) is 1.44. The molecule has 5 nitrogen and oxygen atoms in total. The molecular weight excluding hydrogens is 252 g/mol. The minimum absolute atomic E-state index is 0.000472. The third kappa shape index (κ3) is 3.68. The lowest BCUT2D eigenvalue weighted by Gasteiger charge is -2.29. The summed E-state index contributed by atoms with van der Waals surface area (Å²) < 4.78 is 0. The first-order valence-electron chi connectivity index (χ1n) is 7.48. The number of aromatic nitrogens is 2. The Morgan fingerprint density at radius 1 is 1.40 bits per heavy atom. The number of carbonyl (C=O) groups is 1. The molecule has 5 heteroatoms.